The first kappa shape index (κ1) is 11.4. The van der Waals surface area contributed by atoms with Gasteiger partial charge in [0.25, 0.3) is 0 Å². The molecule has 0 unspecified atom stereocenters. The van der Waals surface area contributed by atoms with E-state index in [2.05, 4.69) is 49.4 Å². The van der Waals surface area contributed by atoms with Crippen molar-refractivity contribution in [2.75, 3.05) is 0 Å². The van der Waals surface area contributed by atoms with Crippen LogP contribution in [0.25, 0.3) is 6.08 Å². The van der Waals surface area contributed by atoms with Crippen LogP contribution in [0.15, 0.2) is 36.4 Å². The molecule has 1 aliphatic carbocycles. The molecule has 1 aromatic rings. The molecule has 0 saturated heterocycles. The van der Waals surface area contributed by atoms with Crippen molar-refractivity contribution < 1.29 is 0 Å². The second-order valence-electron chi connectivity index (χ2n) is 4.93. The lowest BCUT2D eigenvalue weighted by Gasteiger charge is -1.96. The third kappa shape index (κ3) is 3.52. The van der Waals surface area contributed by atoms with E-state index >= 15 is 0 Å². The van der Waals surface area contributed by atoms with Crippen LogP contribution in [0, 0.1) is 11.8 Å². The second kappa shape index (κ2) is 5.89. The number of hydrogen-bond acceptors (Lipinski definition) is 0. The smallest absolute Gasteiger partial charge is 0.0199 e. The molecule has 0 heteroatoms. The summed E-state index contributed by atoms with van der Waals surface area (Å²) in [5.74, 6) is 1.86. The molecule has 2 rings (SSSR count). The van der Waals surface area contributed by atoms with Crippen molar-refractivity contribution in [2.24, 2.45) is 11.8 Å². The molecule has 2 atom stereocenters. The Bertz CT molecular complexity index is 323. The van der Waals surface area contributed by atoms with E-state index < -0.39 is 0 Å². The highest BCUT2D eigenvalue weighted by molar-refractivity contribution is 5.49. The van der Waals surface area contributed by atoms with Gasteiger partial charge in [-0.15, -0.1) is 0 Å². The number of hydrogen-bond donors (Lipinski definition) is 0. The second-order valence-corrected chi connectivity index (χ2v) is 4.93. The van der Waals surface area contributed by atoms with Crippen LogP contribution in [0.5, 0.6) is 0 Å². The van der Waals surface area contributed by atoms with Gasteiger partial charge in [-0.25, -0.2) is 0 Å². The van der Waals surface area contributed by atoms with Crippen LogP contribution < -0.4 is 0 Å². The molecule has 0 N–H and O–H groups in total. The van der Waals surface area contributed by atoms with Crippen molar-refractivity contribution in [1.29, 1.82) is 0 Å². The fraction of sp³-hybridized carbons (Fsp3) is 0.500. The van der Waals surface area contributed by atoms with Crippen LogP contribution in [-0.4, -0.2) is 0 Å². The first-order valence-corrected chi connectivity index (χ1v) is 6.63. The quantitative estimate of drug-likeness (QED) is 0.590. The molecule has 0 bridgehead atoms. The lowest BCUT2D eigenvalue weighted by Crippen LogP contribution is -1.81. The fourth-order valence-electron chi connectivity index (χ4n) is 2.29. The van der Waals surface area contributed by atoms with Crippen LogP contribution in [-0.2, 0) is 0 Å². The number of allylic oxidation sites excluding steroid dienone is 1. The van der Waals surface area contributed by atoms with Crippen LogP contribution in [0.3, 0.4) is 0 Å². The number of rotatable bonds is 6. The Morgan fingerprint density at radius 2 is 2.00 bits per heavy atom. The number of unbranched alkanes of at least 4 members (excludes halogenated alkanes) is 2. The molecule has 0 nitrogen and oxygen atoms in total. The average molecular weight is 214 g/mol. The molecule has 0 amide bonds. The Balaban J connectivity index is 1.70. The van der Waals surface area contributed by atoms with E-state index in [1.54, 1.807) is 0 Å². The first-order chi connectivity index (χ1) is 7.90. The molecule has 0 aliphatic heterocycles. The SMILES string of the molecule is CCCCC[C@@H]1C[C@H]1/C=C/c1ccccc1. The van der Waals surface area contributed by atoms with E-state index in [-0.39, 0.29) is 0 Å². The zero-order valence-corrected chi connectivity index (χ0v) is 10.2. The summed E-state index contributed by atoms with van der Waals surface area (Å²) in [5.41, 5.74) is 1.33. The third-order valence-electron chi connectivity index (χ3n) is 3.49. The summed E-state index contributed by atoms with van der Waals surface area (Å²) >= 11 is 0. The highest BCUT2D eigenvalue weighted by atomic mass is 14.4. The van der Waals surface area contributed by atoms with Gasteiger partial charge in [0.2, 0.25) is 0 Å². The normalized spacial score (nSPS) is 23.8. The zero-order chi connectivity index (χ0) is 11.2. The van der Waals surface area contributed by atoms with E-state index in [0.717, 1.165) is 11.8 Å². The minimum absolute atomic E-state index is 0.872. The summed E-state index contributed by atoms with van der Waals surface area (Å²) in [6.07, 6.45) is 11.7. The zero-order valence-electron chi connectivity index (χ0n) is 10.2. The molecular weight excluding hydrogens is 192 g/mol. The van der Waals surface area contributed by atoms with Gasteiger partial charge in [-0.3, -0.25) is 0 Å². The molecule has 1 fully saturated rings. The standard InChI is InChI=1S/C16H22/c1-2-3-5-10-15-13-16(15)12-11-14-8-6-4-7-9-14/h4,6-9,11-12,15-16H,2-3,5,10,13H2,1H3/b12-11+/t15-,16-/m1/s1. The largest absolute Gasteiger partial charge is 0.0805 e. The first-order valence-electron chi connectivity index (χ1n) is 6.63. The van der Waals surface area contributed by atoms with Crippen molar-refractivity contribution in [3.8, 4) is 0 Å². The van der Waals surface area contributed by atoms with Gasteiger partial charge in [0.15, 0.2) is 0 Å². The lowest BCUT2D eigenvalue weighted by atomic mass is 10.1. The van der Waals surface area contributed by atoms with Crippen LogP contribution in [0.2, 0.25) is 0 Å². The summed E-state index contributed by atoms with van der Waals surface area (Å²) in [7, 11) is 0. The highest BCUT2D eigenvalue weighted by Gasteiger charge is 2.33. The van der Waals surface area contributed by atoms with E-state index in [0.29, 0.717) is 0 Å². The van der Waals surface area contributed by atoms with Crippen molar-refractivity contribution in [2.45, 2.75) is 39.0 Å². The maximum atomic E-state index is 2.41. The third-order valence-corrected chi connectivity index (χ3v) is 3.49. The van der Waals surface area contributed by atoms with Crippen molar-refractivity contribution in [3.63, 3.8) is 0 Å². The maximum absolute atomic E-state index is 2.41. The minimum atomic E-state index is 0.872. The predicted octanol–water partition coefficient (Wildman–Crippen LogP) is 4.92. The monoisotopic (exact) mass is 214 g/mol. The van der Waals surface area contributed by atoms with Crippen molar-refractivity contribution >= 4 is 6.08 Å². The Kier molecular flexibility index (Phi) is 4.21. The van der Waals surface area contributed by atoms with Gasteiger partial charge in [0.05, 0.1) is 0 Å². The molecular formula is C16H22. The highest BCUT2D eigenvalue weighted by Crippen LogP contribution is 2.43. The van der Waals surface area contributed by atoms with Gasteiger partial charge in [0, 0.05) is 0 Å². The van der Waals surface area contributed by atoms with Gasteiger partial charge in [-0.1, -0.05) is 68.7 Å². The molecule has 1 aliphatic rings. The van der Waals surface area contributed by atoms with Crippen LogP contribution >= 0.6 is 0 Å². The Morgan fingerprint density at radius 1 is 1.19 bits per heavy atom. The van der Waals surface area contributed by atoms with Crippen LogP contribution in [0.1, 0.15) is 44.6 Å². The van der Waals surface area contributed by atoms with E-state index in [1.807, 2.05) is 0 Å². The van der Waals surface area contributed by atoms with E-state index in [1.165, 1.54) is 37.7 Å². The average Bonchev–Trinajstić information content (AvgIpc) is 3.07. The van der Waals surface area contributed by atoms with Crippen LogP contribution in [0.4, 0.5) is 0 Å². The molecule has 1 aromatic carbocycles. The summed E-state index contributed by atoms with van der Waals surface area (Å²) < 4.78 is 0. The molecule has 0 spiro atoms. The van der Waals surface area contributed by atoms with Gasteiger partial charge < -0.3 is 0 Å². The van der Waals surface area contributed by atoms with Gasteiger partial charge in [-0.05, 0) is 30.2 Å². The lowest BCUT2D eigenvalue weighted by molar-refractivity contribution is 0.605. The molecule has 0 heterocycles. The molecule has 0 radical (unpaired) electrons. The predicted molar refractivity (Wildman–Crippen MR) is 71.2 cm³/mol. The topological polar surface area (TPSA) is 0 Å². The van der Waals surface area contributed by atoms with Gasteiger partial charge in [0.1, 0.15) is 0 Å². The molecule has 16 heavy (non-hydrogen) atoms. The van der Waals surface area contributed by atoms with Crippen molar-refractivity contribution in [1.82, 2.24) is 0 Å². The van der Waals surface area contributed by atoms with Crippen molar-refractivity contribution in [3.05, 3.63) is 42.0 Å². The summed E-state index contributed by atoms with van der Waals surface area (Å²) in [4.78, 5) is 0. The summed E-state index contributed by atoms with van der Waals surface area (Å²) in [6, 6.07) is 10.6. The van der Waals surface area contributed by atoms with Gasteiger partial charge in [-0.2, -0.15) is 0 Å². The molecule has 1 saturated carbocycles. The summed E-state index contributed by atoms with van der Waals surface area (Å²) in [5, 5.41) is 0. The fourth-order valence-corrected chi connectivity index (χ4v) is 2.29. The number of benzene rings is 1. The maximum Gasteiger partial charge on any atom is -0.0199 e. The van der Waals surface area contributed by atoms with Gasteiger partial charge >= 0.3 is 0 Å². The molecule has 0 aromatic heterocycles. The Morgan fingerprint density at radius 3 is 2.75 bits per heavy atom. The minimum Gasteiger partial charge on any atom is -0.0805 e. The Labute approximate surface area is 99.4 Å². The Hall–Kier alpha value is -1.04. The molecule has 86 valence electrons. The van der Waals surface area contributed by atoms with E-state index in [9.17, 15) is 0 Å². The van der Waals surface area contributed by atoms with E-state index in [4.69, 9.17) is 0 Å². The summed E-state index contributed by atoms with van der Waals surface area (Å²) in [6.45, 7) is 2.28.